The van der Waals surface area contributed by atoms with Crippen LogP contribution in [0, 0.1) is 0 Å². The number of aliphatic carboxylic acids is 1. The van der Waals surface area contributed by atoms with Crippen molar-refractivity contribution in [2.45, 2.75) is 180 Å². The van der Waals surface area contributed by atoms with Crippen LogP contribution >= 0.6 is 0 Å². The lowest BCUT2D eigenvalue weighted by Crippen LogP contribution is -2.18. The first-order valence-corrected chi connectivity index (χ1v) is 18.3. The second kappa shape index (κ2) is 35.1. The van der Waals surface area contributed by atoms with Crippen molar-refractivity contribution in [1.29, 1.82) is 0 Å². The van der Waals surface area contributed by atoms with E-state index in [1.807, 2.05) is 0 Å². The van der Waals surface area contributed by atoms with Crippen LogP contribution in [0.1, 0.15) is 174 Å². The molecule has 252 valence electrons. The molecule has 0 aliphatic carbocycles. The maximum atomic E-state index is 12.5. The molecule has 4 heteroatoms. The maximum absolute atomic E-state index is 12.5. The summed E-state index contributed by atoms with van der Waals surface area (Å²) >= 11 is 0. The lowest BCUT2D eigenvalue weighted by molar-refractivity contribution is -0.150. The zero-order valence-corrected chi connectivity index (χ0v) is 28.7. The van der Waals surface area contributed by atoms with E-state index in [-0.39, 0.29) is 12.1 Å². The van der Waals surface area contributed by atoms with Crippen molar-refractivity contribution in [3.63, 3.8) is 0 Å². The Morgan fingerprint density at radius 1 is 0.523 bits per heavy atom. The van der Waals surface area contributed by atoms with Crippen molar-refractivity contribution in [1.82, 2.24) is 0 Å². The minimum absolute atomic E-state index is 0.0123. The van der Waals surface area contributed by atoms with Crippen molar-refractivity contribution in [2.24, 2.45) is 0 Å². The number of carboxylic acid groups (broad SMARTS) is 1. The van der Waals surface area contributed by atoms with Gasteiger partial charge in [-0.05, 0) is 83.5 Å². The summed E-state index contributed by atoms with van der Waals surface area (Å²) in [4.78, 5) is 23.1. The van der Waals surface area contributed by atoms with Crippen LogP contribution in [0.15, 0.2) is 60.8 Å². The first-order chi connectivity index (χ1) is 21.6. The van der Waals surface area contributed by atoms with Gasteiger partial charge in [-0.2, -0.15) is 0 Å². The van der Waals surface area contributed by atoms with Crippen LogP contribution in [0.4, 0.5) is 0 Å². The minimum atomic E-state index is -0.688. The number of ether oxygens (including phenoxy) is 1. The largest absolute Gasteiger partial charge is 0.481 e. The zero-order chi connectivity index (χ0) is 32.2. The summed E-state index contributed by atoms with van der Waals surface area (Å²) in [5, 5.41) is 8.71. The summed E-state index contributed by atoms with van der Waals surface area (Å²) in [6, 6.07) is 0. The quantitative estimate of drug-likeness (QED) is 0.0466. The molecule has 0 aliphatic heterocycles. The Balaban J connectivity index is 3.92. The summed E-state index contributed by atoms with van der Waals surface area (Å²) in [6.07, 6.45) is 48.2. The molecule has 1 atom stereocenters. The van der Waals surface area contributed by atoms with Gasteiger partial charge in [-0.1, -0.05) is 139 Å². The molecule has 44 heavy (non-hydrogen) atoms. The van der Waals surface area contributed by atoms with Crippen molar-refractivity contribution in [3.05, 3.63) is 60.8 Å². The van der Waals surface area contributed by atoms with Crippen molar-refractivity contribution in [2.75, 3.05) is 0 Å². The van der Waals surface area contributed by atoms with Gasteiger partial charge in [0.2, 0.25) is 0 Å². The van der Waals surface area contributed by atoms with Gasteiger partial charge in [-0.15, -0.1) is 0 Å². The summed E-state index contributed by atoms with van der Waals surface area (Å²) in [5.74, 6) is -0.700. The Hall–Kier alpha value is -2.36. The number of allylic oxidation sites excluding steroid dienone is 10. The van der Waals surface area contributed by atoms with Gasteiger partial charge in [0.15, 0.2) is 0 Å². The molecule has 0 radical (unpaired) electrons. The number of carbonyl (C=O) groups is 2. The normalized spacial score (nSPS) is 13.0. The summed E-state index contributed by atoms with van der Waals surface area (Å²) in [6.45, 7) is 4.39. The monoisotopic (exact) mass is 613 g/mol. The lowest BCUT2D eigenvalue weighted by atomic mass is 10.0. The molecule has 1 N–H and O–H groups in total. The van der Waals surface area contributed by atoms with E-state index in [2.05, 4.69) is 74.6 Å². The maximum Gasteiger partial charge on any atom is 0.306 e. The van der Waals surface area contributed by atoms with Crippen molar-refractivity contribution < 1.29 is 19.4 Å². The Kier molecular flexibility index (Phi) is 33.2. The molecule has 0 aliphatic rings. The fourth-order valence-electron chi connectivity index (χ4n) is 5.09. The average molecular weight is 613 g/mol. The fourth-order valence-corrected chi connectivity index (χ4v) is 5.09. The van der Waals surface area contributed by atoms with E-state index in [0.29, 0.717) is 12.8 Å². The van der Waals surface area contributed by atoms with Crippen LogP contribution in [-0.4, -0.2) is 23.1 Å². The van der Waals surface area contributed by atoms with Gasteiger partial charge in [0, 0.05) is 12.8 Å². The third-order valence-corrected chi connectivity index (χ3v) is 7.75. The molecule has 0 rings (SSSR count). The lowest BCUT2D eigenvalue weighted by Gasteiger charge is -2.18. The number of rotatable bonds is 32. The van der Waals surface area contributed by atoms with Crippen LogP contribution < -0.4 is 0 Å². The van der Waals surface area contributed by atoms with Gasteiger partial charge >= 0.3 is 11.9 Å². The Labute approximate surface area is 272 Å². The predicted octanol–water partition coefficient (Wildman–Crippen LogP) is 12.6. The molecule has 0 amide bonds. The molecule has 0 aromatic rings. The standard InChI is InChI=1S/C40H68O4/c1-3-5-7-9-10-11-12-13-14-15-16-17-18-19-20-21-26-29-33-37-40(43)44-38(34-30-8-6-4-2)35-31-27-24-22-23-25-28-32-36-39(41)42/h5,7,10-11,13-14,16-17,19-20,38H,3-4,6,8-9,12,15,18,21-37H2,1-2H3,(H,41,42)/b7-5-,11-10-,14-13-,17-16-,20-19-. The smallest absolute Gasteiger partial charge is 0.306 e. The predicted molar refractivity (Wildman–Crippen MR) is 190 cm³/mol. The summed E-state index contributed by atoms with van der Waals surface area (Å²) in [7, 11) is 0. The van der Waals surface area contributed by atoms with Crippen LogP contribution in [0.2, 0.25) is 0 Å². The highest BCUT2D eigenvalue weighted by Crippen LogP contribution is 2.18. The third-order valence-electron chi connectivity index (χ3n) is 7.75. The van der Waals surface area contributed by atoms with Gasteiger partial charge in [-0.3, -0.25) is 9.59 Å². The first kappa shape index (κ1) is 41.6. The van der Waals surface area contributed by atoms with E-state index in [4.69, 9.17) is 9.84 Å². The van der Waals surface area contributed by atoms with E-state index in [0.717, 1.165) is 103 Å². The average Bonchev–Trinajstić information content (AvgIpc) is 3.01. The van der Waals surface area contributed by atoms with Gasteiger partial charge in [0.25, 0.3) is 0 Å². The molecular weight excluding hydrogens is 544 g/mol. The summed E-state index contributed by atoms with van der Waals surface area (Å²) < 4.78 is 5.94. The van der Waals surface area contributed by atoms with E-state index in [1.165, 1.54) is 44.9 Å². The van der Waals surface area contributed by atoms with Gasteiger partial charge in [0.05, 0.1) is 0 Å². The van der Waals surface area contributed by atoms with Crippen LogP contribution in [0.25, 0.3) is 0 Å². The first-order valence-electron chi connectivity index (χ1n) is 18.3. The molecule has 0 bridgehead atoms. The molecule has 0 heterocycles. The fraction of sp³-hybridized carbons (Fsp3) is 0.700. The zero-order valence-electron chi connectivity index (χ0n) is 28.7. The number of unbranched alkanes of at least 4 members (excludes halogenated alkanes) is 13. The highest BCUT2D eigenvalue weighted by molar-refractivity contribution is 5.69. The molecule has 1 unspecified atom stereocenters. The topological polar surface area (TPSA) is 63.6 Å². The Morgan fingerprint density at radius 2 is 0.955 bits per heavy atom. The molecular formula is C40H68O4. The highest BCUT2D eigenvalue weighted by atomic mass is 16.5. The highest BCUT2D eigenvalue weighted by Gasteiger charge is 2.14. The van der Waals surface area contributed by atoms with Crippen molar-refractivity contribution >= 4 is 11.9 Å². The number of carbonyl (C=O) groups excluding carboxylic acids is 1. The number of hydrogen-bond acceptors (Lipinski definition) is 3. The third kappa shape index (κ3) is 34.1. The van der Waals surface area contributed by atoms with Gasteiger partial charge in [-0.25, -0.2) is 0 Å². The molecule has 0 saturated carbocycles. The van der Waals surface area contributed by atoms with Crippen molar-refractivity contribution in [3.8, 4) is 0 Å². The molecule has 0 spiro atoms. The van der Waals surface area contributed by atoms with Gasteiger partial charge < -0.3 is 9.84 Å². The summed E-state index contributed by atoms with van der Waals surface area (Å²) in [5.41, 5.74) is 0. The molecule has 4 nitrogen and oxygen atoms in total. The van der Waals surface area contributed by atoms with E-state index in [1.54, 1.807) is 0 Å². The van der Waals surface area contributed by atoms with Gasteiger partial charge in [0.1, 0.15) is 6.10 Å². The SMILES string of the molecule is CC/C=C\C/C=C\C/C=C\C/C=C\C/C=C\CCCCCC(=O)OC(CCCCCC)CCCCCCCCCCC(=O)O. The minimum Gasteiger partial charge on any atom is -0.481 e. The number of hydrogen-bond donors (Lipinski definition) is 1. The second-order valence-corrected chi connectivity index (χ2v) is 12.0. The molecule has 0 saturated heterocycles. The van der Waals surface area contributed by atoms with Crippen LogP contribution in [0.5, 0.6) is 0 Å². The molecule has 0 fully saturated rings. The molecule has 0 aromatic carbocycles. The van der Waals surface area contributed by atoms with E-state index in [9.17, 15) is 9.59 Å². The van der Waals surface area contributed by atoms with E-state index < -0.39 is 5.97 Å². The Bertz CT molecular complexity index is 789. The van der Waals surface area contributed by atoms with E-state index >= 15 is 0 Å². The number of esters is 1. The van der Waals surface area contributed by atoms with Crippen LogP contribution in [0.3, 0.4) is 0 Å². The second-order valence-electron chi connectivity index (χ2n) is 12.0. The Morgan fingerprint density at radius 3 is 1.48 bits per heavy atom. The van der Waals surface area contributed by atoms with Crippen LogP contribution in [-0.2, 0) is 14.3 Å². The number of carboxylic acids is 1. The molecule has 0 aromatic heterocycles.